The van der Waals surface area contributed by atoms with E-state index in [1.807, 2.05) is 0 Å². The monoisotopic (exact) mass is 254 g/mol. The van der Waals surface area contributed by atoms with Crippen LogP contribution in [0.4, 0.5) is 5.82 Å². The molecule has 0 radical (unpaired) electrons. The summed E-state index contributed by atoms with van der Waals surface area (Å²) in [4.78, 5) is 17.4. The summed E-state index contributed by atoms with van der Waals surface area (Å²) in [5, 5.41) is 9.21. The second-order valence-corrected chi connectivity index (χ2v) is 4.63. The van der Waals surface area contributed by atoms with Crippen LogP contribution in [0.2, 0.25) is 5.02 Å². The number of carboxylic acid groups (broad SMARTS) is 1. The number of anilines is 1. The van der Waals surface area contributed by atoms with Crippen LogP contribution in [0.25, 0.3) is 0 Å². The van der Waals surface area contributed by atoms with Crippen molar-refractivity contribution in [2.45, 2.75) is 32.2 Å². The minimum atomic E-state index is -1.01. The fourth-order valence-electron chi connectivity index (χ4n) is 2.31. The van der Waals surface area contributed by atoms with Crippen LogP contribution < -0.4 is 4.90 Å². The molecule has 1 unspecified atom stereocenters. The van der Waals surface area contributed by atoms with E-state index in [0.717, 1.165) is 31.6 Å². The van der Waals surface area contributed by atoms with Gasteiger partial charge in [-0.15, -0.1) is 0 Å². The fraction of sp³-hybridized carbons (Fsp3) is 0.500. The third-order valence-corrected chi connectivity index (χ3v) is 3.52. The van der Waals surface area contributed by atoms with E-state index in [2.05, 4.69) is 16.8 Å². The lowest BCUT2D eigenvalue weighted by atomic mass is 10.1. The molecule has 92 valence electrons. The van der Waals surface area contributed by atoms with E-state index in [-0.39, 0.29) is 10.6 Å². The molecule has 0 saturated carbocycles. The second kappa shape index (κ2) is 4.92. The van der Waals surface area contributed by atoms with Gasteiger partial charge in [0.25, 0.3) is 0 Å². The summed E-state index contributed by atoms with van der Waals surface area (Å²) < 4.78 is 0. The molecule has 1 saturated heterocycles. The summed E-state index contributed by atoms with van der Waals surface area (Å²) in [6.07, 6.45) is 4.74. The van der Waals surface area contributed by atoms with Crippen molar-refractivity contribution in [3.63, 3.8) is 0 Å². The molecule has 17 heavy (non-hydrogen) atoms. The van der Waals surface area contributed by atoms with Crippen molar-refractivity contribution in [2.24, 2.45) is 0 Å². The number of rotatable bonds is 3. The van der Waals surface area contributed by atoms with Crippen LogP contribution >= 0.6 is 11.6 Å². The third kappa shape index (κ3) is 2.36. The number of nitrogens with zero attached hydrogens (tertiary/aromatic N) is 2. The van der Waals surface area contributed by atoms with Gasteiger partial charge < -0.3 is 10.0 Å². The fourth-order valence-corrected chi connectivity index (χ4v) is 2.49. The molecule has 0 amide bonds. The third-order valence-electron chi connectivity index (χ3n) is 3.21. The summed E-state index contributed by atoms with van der Waals surface area (Å²) in [6.45, 7) is 3.07. The highest BCUT2D eigenvalue weighted by Gasteiger charge is 2.25. The van der Waals surface area contributed by atoms with E-state index in [0.29, 0.717) is 6.04 Å². The highest BCUT2D eigenvalue weighted by molar-refractivity contribution is 6.33. The van der Waals surface area contributed by atoms with Gasteiger partial charge in [0.15, 0.2) is 0 Å². The van der Waals surface area contributed by atoms with Crippen molar-refractivity contribution >= 4 is 23.4 Å². The first-order valence-corrected chi connectivity index (χ1v) is 6.16. The molecule has 1 N–H and O–H groups in total. The van der Waals surface area contributed by atoms with E-state index in [9.17, 15) is 4.79 Å². The van der Waals surface area contributed by atoms with Crippen molar-refractivity contribution in [3.8, 4) is 0 Å². The van der Waals surface area contributed by atoms with Gasteiger partial charge in [0.05, 0.1) is 10.6 Å². The predicted octanol–water partition coefficient (Wildman–Crippen LogP) is 2.81. The van der Waals surface area contributed by atoms with Crippen LogP contribution in [0.3, 0.4) is 0 Å². The van der Waals surface area contributed by atoms with Crippen molar-refractivity contribution in [1.82, 2.24) is 4.98 Å². The van der Waals surface area contributed by atoms with Crippen LogP contribution in [0.15, 0.2) is 12.3 Å². The van der Waals surface area contributed by atoms with E-state index in [1.165, 1.54) is 6.20 Å². The molecular formula is C12H15ClN2O2. The van der Waals surface area contributed by atoms with Gasteiger partial charge in [0.1, 0.15) is 5.82 Å². The summed E-state index contributed by atoms with van der Waals surface area (Å²) in [5.74, 6) is -0.290. The molecular weight excluding hydrogens is 240 g/mol. The molecule has 0 aromatic carbocycles. The Labute approximate surface area is 105 Å². The molecule has 1 aromatic rings. The highest BCUT2D eigenvalue weighted by atomic mass is 35.5. The van der Waals surface area contributed by atoms with Gasteiger partial charge in [-0.05, 0) is 25.3 Å². The van der Waals surface area contributed by atoms with Crippen LogP contribution in [0.1, 0.15) is 36.5 Å². The van der Waals surface area contributed by atoms with Gasteiger partial charge in [0, 0.05) is 18.8 Å². The Kier molecular flexibility index (Phi) is 3.52. The van der Waals surface area contributed by atoms with E-state index in [1.54, 1.807) is 6.07 Å². The number of carbonyl (C=O) groups is 1. The van der Waals surface area contributed by atoms with Crippen molar-refractivity contribution in [3.05, 3.63) is 22.8 Å². The summed E-state index contributed by atoms with van der Waals surface area (Å²) in [6, 6.07) is 2.03. The number of aromatic carboxylic acids is 1. The van der Waals surface area contributed by atoms with E-state index >= 15 is 0 Å². The number of carboxylic acids is 1. The summed E-state index contributed by atoms with van der Waals surface area (Å²) >= 11 is 5.81. The first kappa shape index (κ1) is 12.2. The van der Waals surface area contributed by atoms with Crippen molar-refractivity contribution in [1.29, 1.82) is 0 Å². The Balaban J connectivity index is 2.33. The average Bonchev–Trinajstić information content (AvgIpc) is 2.77. The number of halogens is 1. The van der Waals surface area contributed by atoms with Crippen LogP contribution in [-0.2, 0) is 0 Å². The molecule has 1 fully saturated rings. The molecule has 1 aromatic heterocycles. The largest absolute Gasteiger partial charge is 0.478 e. The van der Waals surface area contributed by atoms with Crippen LogP contribution in [0.5, 0.6) is 0 Å². The first-order valence-electron chi connectivity index (χ1n) is 5.79. The summed E-state index contributed by atoms with van der Waals surface area (Å²) in [5.41, 5.74) is 0.124. The maximum absolute atomic E-state index is 11.0. The maximum Gasteiger partial charge on any atom is 0.337 e. The molecule has 0 spiro atoms. The molecule has 0 bridgehead atoms. The van der Waals surface area contributed by atoms with Crippen molar-refractivity contribution in [2.75, 3.05) is 11.4 Å². The zero-order valence-corrected chi connectivity index (χ0v) is 10.4. The molecule has 0 aliphatic carbocycles. The number of hydrogen-bond acceptors (Lipinski definition) is 3. The molecule has 2 heterocycles. The first-order chi connectivity index (χ1) is 8.13. The standard InChI is InChI=1S/C12H15ClN2O2/c1-2-8-4-3-5-15(8)11-6-9(12(16)17)10(13)7-14-11/h6-8H,2-5H2,1H3,(H,16,17). The Morgan fingerprint density at radius 1 is 1.71 bits per heavy atom. The molecule has 4 nitrogen and oxygen atoms in total. The van der Waals surface area contributed by atoms with Gasteiger partial charge in [-0.3, -0.25) is 0 Å². The number of pyridine rings is 1. The topological polar surface area (TPSA) is 53.4 Å². The van der Waals surface area contributed by atoms with E-state index in [4.69, 9.17) is 16.7 Å². The zero-order chi connectivity index (χ0) is 12.4. The maximum atomic E-state index is 11.0. The minimum absolute atomic E-state index is 0.124. The van der Waals surface area contributed by atoms with Crippen LogP contribution in [-0.4, -0.2) is 28.6 Å². The van der Waals surface area contributed by atoms with Gasteiger partial charge in [-0.25, -0.2) is 9.78 Å². The lowest BCUT2D eigenvalue weighted by Gasteiger charge is -2.24. The minimum Gasteiger partial charge on any atom is -0.478 e. The van der Waals surface area contributed by atoms with Gasteiger partial charge in [-0.1, -0.05) is 18.5 Å². The molecule has 5 heteroatoms. The SMILES string of the molecule is CCC1CCCN1c1cc(C(=O)O)c(Cl)cn1. The van der Waals surface area contributed by atoms with E-state index < -0.39 is 5.97 Å². The molecule has 1 aliphatic heterocycles. The highest BCUT2D eigenvalue weighted by Crippen LogP contribution is 2.28. The Morgan fingerprint density at radius 3 is 3.12 bits per heavy atom. The smallest absolute Gasteiger partial charge is 0.337 e. The van der Waals surface area contributed by atoms with Gasteiger partial charge in [0.2, 0.25) is 0 Å². The Bertz CT molecular complexity index is 437. The zero-order valence-electron chi connectivity index (χ0n) is 9.69. The Morgan fingerprint density at radius 2 is 2.47 bits per heavy atom. The number of hydrogen-bond donors (Lipinski definition) is 1. The van der Waals surface area contributed by atoms with Gasteiger partial charge in [-0.2, -0.15) is 0 Å². The van der Waals surface area contributed by atoms with Gasteiger partial charge >= 0.3 is 5.97 Å². The lowest BCUT2D eigenvalue weighted by molar-refractivity contribution is 0.0697. The average molecular weight is 255 g/mol. The van der Waals surface area contributed by atoms with Crippen LogP contribution in [0, 0.1) is 0 Å². The molecule has 2 rings (SSSR count). The second-order valence-electron chi connectivity index (χ2n) is 4.23. The molecule has 1 atom stereocenters. The number of aromatic nitrogens is 1. The predicted molar refractivity (Wildman–Crippen MR) is 66.9 cm³/mol. The molecule has 1 aliphatic rings. The quantitative estimate of drug-likeness (QED) is 0.901. The normalized spacial score (nSPS) is 19.6. The van der Waals surface area contributed by atoms with Crippen molar-refractivity contribution < 1.29 is 9.90 Å². The summed E-state index contributed by atoms with van der Waals surface area (Å²) in [7, 11) is 0. The lowest BCUT2D eigenvalue weighted by Crippen LogP contribution is -2.29. The Hall–Kier alpha value is -1.29.